The minimum Gasteiger partial charge on any atom is -0.453 e. The number of hydrogen-bond donors (Lipinski definition) is 0. The molecule has 3 aromatic rings. The van der Waals surface area contributed by atoms with Gasteiger partial charge in [0.2, 0.25) is 5.78 Å². The van der Waals surface area contributed by atoms with Crippen molar-refractivity contribution in [1.29, 1.82) is 0 Å². The van der Waals surface area contributed by atoms with Gasteiger partial charge in [0, 0.05) is 14.2 Å². The minimum atomic E-state index is -4.14. The summed E-state index contributed by atoms with van der Waals surface area (Å²) in [5.74, 6) is -2.57. The second-order valence-corrected chi connectivity index (χ2v) is 10.1. The molecule has 0 unspecified atom stereocenters. The van der Waals surface area contributed by atoms with Crippen molar-refractivity contribution in [1.82, 2.24) is 4.90 Å². The summed E-state index contributed by atoms with van der Waals surface area (Å²) in [7, 11) is -1.83. The van der Waals surface area contributed by atoms with E-state index in [1.807, 2.05) is 66.7 Å². The first-order valence-electron chi connectivity index (χ1n) is 11.0. The smallest absolute Gasteiger partial charge is 0.412 e. The summed E-state index contributed by atoms with van der Waals surface area (Å²) < 4.78 is 35.3. The predicted molar refractivity (Wildman–Crippen MR) is 128 cm³/mol. The largest absolute Gasteiger partial charge is 0.453 e. The van der Waals surface area contributed by atoms with Gasteiger partial charge in [0.1, 0.15) is 12.6 Å². The van der Waals surface area contributed by atoms with Crippen LogP contribution in [0.3, 0.4) is 0 Å². The van der Waals surface area contributed by atoms with Gasteiger partial charge in [-0.05, 0) is 16.7 Å². The van der Waals surface area contributed by atoms with Gasteiger partial charge in [-0.15, -0.1) is 0 Å². The molecular weight excluding hydrogens is 469 g/mol. The van der Waals surface area contributed by atoms with E-state index in [0.717, 1.165) is 24.7 Å². The highest BCUT2D eigenvalue weighted by molar-refractivity contribution is 7.55. The third kappa shape index (κ3) is 5.15. The van der Waals surface area contributed by atoms with Gasteiger partial charge in [0.15, 0.2) is 6.10 Å². The zero-order valence-corrected chi connectivity index (χ0v) is 20.2. The van der Waals surface area contributed by atoms with E-state index in [2.05, 4.69) is 0 Å². The van der Waals surface area contributed by atoms with E-state index in [1.165, 1.54) is 0 Å². The standard InChI is InChI=1S/C26H26NO7P/c1-31-35(30,32-2)24-25(28)34-23(21-16-10-5-11-17-21)22(20-14-8-4-9-15-20)27(24)26(29)33-18-19-12-6-3-7-13-19/h3-17,22-24H,18H2,1-2H3/t22-,23+,24-/m0/s1. The number of nitrogens with zero attached hydrogens (tertiary/aromatic N) is 1. The Kier molecular flexibility index (Phi) is 7.66. The van der Waals surface area contributed by atoms with E-state index in [0.29, 0.717) is 11.1 Å². The predicted octanol–water partition coefficient (Wildman–Crippen LogP) is 5.48. The number of ether oxygens (including phenoxy) is 2. The molecule has 3 atom stereocenters. The maximum Gasteiger partial charge on any atom is 0.412 e. The number of hydrogen-bond acceptors (Lipinski definition) is 7. The van der Waals surface area contributed by atoms with Gasteiger partial charge in [-0.3, -0.25) is 9.46 Å². The quantitative estimate of drug-likeness (QED) is 0.317. The molecule has 0 aromatic heterocycles. The molecule has 0 N–H and O–H groups in total. The summed E-state index contributed by atoms with van der Waals surface area (Å²) in [4.78, 5) is 28.1. The number of benzene rings is 3. The Labute approximate surface area is 203 Å². The van der Waals surface area contributed by atoms with E-state index in [1.54, 1.807) is 24.3 Å². The second-order valence-electron chi connectivity index (χ2n) is 7.85. The number of rotatable bonds is 7. The molecule has 1 aliphatic rings. The Morgan fingerprint density at radius 2 is 1.37 bits per heavy atom. The minimum absolute atomic E-state index is 0.0419. The number of carbonyl (C=O) groups excluding carboxylic acids is 2. The lowest BCUT2D eigenvalue weighted by molar-refractivity contribution is -0.168. The Balaban J connectivity index is 1.82. The molecule has 1 amide bonds. The Bertz CT molecular complexity index is 1180. The van der Waals surface area contributed by atoms with E-state index in [-0.39, 0.29) is 6.61 Å². The average molecular weight is 495 g/mol. The summed E-state index contributed by atoms with van der Waals surface area (Å²) in [6.07, 6.45) is -1.73. The van der Waals surface area contributed by atoms with E-state index >= 15 is 0 Å². The van der Waals surface area contributed by atoms with E-state index in [9.17, 15) is 14.2 Å². The van der Waals surface area contributed by atoms with Crippen molar-refractivity contribution in [2.45, 2.75) is 24.5 Å². The van der Waals surface area contributed by atoms with Crippen molar-refractivity contribution in [2.24, 2.45) is 0 Å². The van der Waals surface area contributed by atoms with Crippen LogP contribution in [-0.4, -0.2) is 37.0 Å². The normalized spacial score (nSPS) is 20.2. The molecular formula is C26H26NO7P. The van der Waals surface area contributed by atoms with Gasteiger partial charge < -0.3 is 18.5 Å². The first-order chi connectivity index (χ1) is 17.0. The van der Waals surface area contributed by atoms with Crippen LogP contribution in [0.1, 0.15) is 28.8 Å². The molecule has 3 aromatic carbocycles. The van der Waals surface area contributed by atoms with Gasteiger partial charge in [-0.2, -0.15) is 0 Å². The van der Waals surface area contributed by atoms with Crippen LogP contribution >= 0.6 is 7.60 Å². The zero-order valence-electron chi connectivity index (χ0n) is 19.4. The lowest BCUT2D eigenvalue weighted by Gasteiger charge is -2.45. The molecule has 0 radical (unpaired) electrons. The van der Waals surface area contributed by atoms with Crippen LogP contribution in [0.5, 0.6) is 0 Å². The van der Waals surface area contributed by atoms with Crippen LogP contribution < -0.4 is 0 Å². The lowest BCUT2D eigenvalue weighted by Crippen LogP contribution is -2.54. The zero-order chi connectivity index (χ0) is 24.8. The molecule has 182 valence electrons. The van der Waals surface area contributed by atoms with Gasteiger partial charge in [0.25, 0.3) is 0 Å². The fourth-order valence-electron chi connectivity index (χ4n) is 4.10. The number of amides is 1. The van der Waals surface area contributed by atoms with Crippen molar-refractivity contribution in [3.8, 4) is 0 Å². The third-order valence-electron chi connectivity index (χ3n) is 5.80. The number of carbonyl (C=O) groups is 2. The summed E-state index contributed by atoms with van der Waals surface area (Å²) >= 11 is 0. The molecule has 0 bridgehead atoms. The van der Waals surface area contributed by atoms with Gasteiger partial charge in [-0.1, -0.05) is 91.0 Å². The van der Waals surface area contributed by atoms with Gasteiger partial charge in [-0.25, -0.2) is 9.59 Å². The number of esters is 1. The van der Waals surface area contributed by atoms with Crippen LogP contribution in [0.25, 0.3) is 0 Å². The topological polar surface area (TPSA) is 91.4 Å². The highest BCUT2D eigenvalue weighted by atomic mass is 31.2. The lowest BCUT2D eigenvalue weighted by atomic mass is 9.93. The fourth-order valence-corrected chi connectivity index (χ4v) is 5.51. The molecule has 0 spiro atoms. The number of morpholine rings is 1. The first kappa shape index (κ1) is 24.7. The van der Waals surface area contributed by atoms with Crippen molar-refractivity contribution in [3.05, 3.63) is 108 Å². The SMILES string of the molecule is COP(=O)(OC)[C@H]1C(=O)O[C@H](c2ccccc2)[C@H](c2ccccc2)N1C(=O)OCc1ccccc1. The average Bonchev–Trinajstić information content (AvgIpc) is 2.92. The van der Waals surface area contributed by atoms with Crippen molar-refractivity contribution < 1.29 is 32.7 Å². The van der Waals surface area contributed by atoms with Crippen LogP contribution in [0.4, 0.5) is 4.79 Å². The molecule has 1 saturated heterocycles. The molecule has 4 rings (SSSR count). The molecule has 1 aliphatic heterocycles. The first-order valence-corrected chi connectivity index (χ1v) is 12.6. The fraction of sp³-hybridized carbons (Fsp3) is 0.231. The highest BCUT2D eigenvalue weighted by Crippen LogP contribution is 2.58. The Hall–Kier alpha value is -3.45. The van der Waals surface area contributed by atoms with E-state index in [4.69, 9.17) is 18.5 Å². The van der Waals surface area contributed by atoms with Gasteiger partial charge in [0.05, 0.1) is 0 Å². The van der Waals surface area contributed by atoms with Crippen molar-refractivity contribution in [3.63, 3.8) is 0 Å². The molecule has 0 saturated carbocycles. The third-order valence-corrected chi connectivity index (χ3v) is 7.87. The highest BCUT2D eigenvalue weighted by Gasteiger charge is 2.57. The molecule has 8 nitrogen and oxygen atoms in total. The van der Waals surface area contributed by atoms with Crippen LogP contribution in [0.15, 0.2) is 91.0 Å². The summed E-state index contributed by atoms with van der Waals surface area (Å²) in [5.41, 5.74) is 2.09. The van der Waals surface area contributed by atoms with Crippen LogP contribution in [0.2, 0.25) is 0 Å². The van der Waals surface area contributed by atoms with E-state index < -0.39 is 37.6 Å². The maximum absolute atomic E-state index is 13.6. The molecule has 1 heterocycles. The molecule has 1 fully saturated rings. The summed E-state index contributed by atoms with van der Waals surface area (Å²) in [6.45, 7) is -0.0419. The Morgan fingerprint density at radius 1 is 0.857 bits per heavy atom. The Morgan fingerprint density at radius 3 is 1.91 bits per heavy atom. The molecule has 0 aliphatic carbocycles. The maximum atomic E-state index is 13.6. The van der Waals surface area contributed by atoms with Crippen molar-refractivity contribution >= 4 is 19.7 Å². The summed E-state index contributed by atoms with van der Waals surface area (Å²) in [6, 6.07) is 26.4. The molecule has 9 heteroatoms. The monoisotopic (exact) mass is 495 g/mol. The number of cyclic esters (lactones) is 1. The van der Waals surface area contributed by atoms with Crippen LogP contribution in [0, 0.1) is 0 Å². The second kappa shape index (κ2) is 10.9. The van der Waals surface area contributed by atoms with Crippen LogP contribution in [-0.2, 0) is 34.5 Å². The summed E-state index contributed by atoms with van der Waals surface area (Å²) in [5, 5.41) is 0. The van der Waals surface area contributed by atoms with Gasteiger partial charge >= 0.3 is 19.7 Å². The molecule has 35 heavy (non-hydrogen) atoms. The van der Waals surface area contributed by atoms with Crippen molar-refractivity contribution in [2.75, 3.05) is 14.2 Å².